The lowest BCUT2D eigenvalue weighted by Gasteiger charge is -2.24. The molecule has 0 radical (unpaired) electrons. The zero-order chi connectivity index (χ0) is 11.1. The van der Waals surface area contributed by atoms with E-state index in [2.05, 4.69) is 18.0 Å². The first-order valence-corrected chi connectivity index (χ1v) is 6.39. The number of hydrogen-bond acceptors (Lipinski definition) is 2. The summed E-state index contributed by atoms with van der Waals surface area (Å²) in [6, 6.07) is 4.15. The van der Waals surface area contributed by atoms with E-state index in [0.29, 0.717) is 5.92 Å². The highest BCUT2D eigenvalue weighted by Gasteiger charge is 2.39. The van der Waals surface area contributed by atoms with Gasteiger partial charge in [-0.05, 0) is 49.1 Å². The molecular formula is C14H19NO. The Balaban J connectivity index is 1.81. The van der Waals surface area contributed by atoms with E-state index in [4.69, 9.17) is 0 Å². The lowest BCUT2D eigenvalue weighted by molar-refractivity contribution is 0.0769. The molecule has 3 unspecified atom stereocenters. The highest BCUT2D eigenvalue weighted by Crippen LogP contribution is 2.44. The minimum absolute atomic E-state index is 0.191. The van der Waals surface area contributed by atoms with Crippen LogP contribution in [-0.4, -0.2) is 16.2 Å². The number of aryl methyl sites for hydroxylation is 1. The Labute approximate surface area is 96.7 Å². The minimum Gasteiger partial charge on any atom is -0.392 e. The highest BCUT2D eigenvalue weighted by molar-refractivity contribution is 5.29. The lowest BCUT2D eigenvalue weighted by atomic mass is 9.87. The van der Waals surface area contributed by atoms with Gasteiger partial charge in [-0.25, -0.2) is 0 Å². The number of aliphatic hydroxyl groups is 1. The maximum atomic E-state index is 10.4. The van der Waals surface area contributed by atoms with Crippen LogP contribution in [-0.2, 0) is 6.42 Å². The van der Waals surface area contributed by atoms with Gasteiger partial charge in [-0.3, -0.25) is 4.98 Å². The Morgan fingerprint density at radius 2 is 2.19 bits per heavy atom. The molecule has 1 aromatic heterocycles. The Hall–Kier alpha value is -0.890. The third-order valence-corrected chi connectivity index (χ3v) is 4.32. The number of pyridine rings is 1. The molecule has 1 fully saturated rings. The van der Waals surface area contributed by atoms with Crippen molar-refractivity contribution >= 4 is 0 Å². The van der Waals surface area contributed by atoms with E-state index in [1.165, 1.54) is 18.4 Å². The standard InChI is InChI=1S/C14H19NO/c1-9(10-4-5-10)14(16)12-7-6-11-3-2-8-15-13(11)12/h2-3,8-10,12,14,16H,4-7H2,1H3. The second-order valence-corrected chi connectivity index (χ2v) is 5.38. The molecule has 2 nitrogen and oxygen atoms in total. The van der Waals surface area contributed by atoms with Gasteiger partial charge in [0.15, 0.2) is 0 Å². The number of aromatic nitrogens is 1. The van der Waals surface area contributed by atoms with Crippen molar-refractivity contribution in [2.75, 3.05) is 0 Å². The van der Waals surface area contributed by atoms with Crippen LogP contribution in [0.3, 0.4) is 0 Å². The summed E-state index contributed by atoms with van der Waals surface area (Å²) in [6.07, 6.45) is 6.43. The van der Waals surface area contributed by atoms with Crippen molar-refractivity contribution in [3.05, 3.63) is 29.6 Å². The molecule has 0 spiro atoms. The maximum Gasteiger partial charge on any atom is 0.0652 e. The van der Waals surface area contributed by atoms with Crippen molar-refractivity contribution in [2.24, 2.45) is 11.8 Å². The summed E-state index contributed by atoms with van der Waals surface area (Å²) < 4.78 is 0. The predicted octanol–water partition coefficient (Wildman–Crippen LogP) is 2.52. The largest absolute Gasteiger partial charge is 0.392 e. The summed E-state index contributed by atoms with van der Waals surface area (Å²) in [5.74, 6) is 1.49. The quantitative estimate of drug-likeness (QED) is 0.844. The van der Waals surface area contributed by atoms with E-state index >= 15 is 0 Å². The Kier molecular flexibility index (Phi) is 2.47. The summed E-state index contributed by atoms with van der Waals surface area (Å²) in [5, 5.41) is 10.4. The Morgan fingerprint density at radius 1 is 1.38 bits per heavy atom. The predicted molar refractivity (Wildman–Crippen MR) is 63.2 cm³/mol. The number of aliphatic hydroxyl groups excluding tert-OH is 1. The maximum absolute atomic E-state index is 10.4. The molecule has 16 heavy (non-hydrogen) atoms. The van der Waals surface area contributed by atoms with E-state index in [1.54, 1.807) is 0 Å². The average Bonchev–Trinajstić information content (AvgIpc) is 3.07. The first-order chi connectivity index (χ1) is 7.77. The number of hydrogen-bond donors (Lipinski definition) is 1. The van der Waals surface area contributed by atoms with E-state index in [-0.39, 0.29) is 12.0 Å². The molecule has 0 aliphatic heterocycles. The van der Waals surface area contributed by atoms with Crippen molar-refractivity contribution < 1.29 is 5.11 Å². The summed E-state index contributed by atoms with van der Waals surface area (Å²) in [6.45, 7) is 2.20. The van der Waals surface area contributed by atoms with Crippen LogP contribution in [0, 0.1) is 11.8 Å². The van der Waals surface area contributed by atoms with E-state index in [0.717, 1.165) is 24.5 Å². The highest BCUT2D eigenvalue weighted by atomic mass is 16.3. The second kappa shape index (κ2) is 3.85. The molecule has 86 valence electrons. The zero-order valence-electron chi connectivity index (χ0n) is 9.76. The molecule has 0 bridgehead atoms. The minimum atomic E-state index is -0.191. The molecule has 0 saturated heterocycles. The monoisotopic (exact) mass is 217 g/mol. The molecule has 1 N–H and O–H groups in total. The van der Waals surface area contributed by atoms with Crippen molar-refractivity contribution in [1.29, 1.82) is 0 Å². The fraction of sp³-hybridized carbons (Fsp3) is 0.643. The number of fused-ring (bicyclic) bond motifs is 1. The molecule has 1 heterocycles. The molecule has 3 rings (SSSR count). The fourth-order valence-electron chi connectivity index (χ4n) is 3.04. The number of nitrogens with zero attached hydrogens (tertiary/aromatic N) is 1. The van der Waals surface area contributed by atoms with Crippen LogP contribution in [0.25, 0.3) is 0 Å². The van der Waals surface area contributed by atoms with Crippen molar-refractivity contribution in [3.63, 3.8) is 0 Å². The van der Waals surface area contributed by atoms with Gasteiger partial charge in [0, 0.05) is 17.8 Å². The van der Waals surface area contributed by atoms with Crippen LogP contribution in [0.15, 0.2) is 18.3 Å². The molecule has 0 amide bonds. The van der Waals surface area contributed by atoms with Gasteiger partial charge in [0.05, 0.1) is 6.10 Å². The molecule has 2 aliphatic rings. The van der Waals surface area contributed by atoms with Gasteiger partial charge in [-0.15, -0.1) is 0 Å². The van der Waals surface area contributed by atoms with E-state index in [1.807, 2.05) is 12.3 Å². The van der Waals surface area contributed by atoms with Gasteiger partial charge < -0.3 is 5.11 Å². The molecule has 3 atom stereocenters. The molecule has 1 aromatic rings. The SMILES string of the molecule is CC(C1CC1)C(O)C1CCc2cccnc21. The van der Waals surface area contributed by atoms with Gasteiger partial charge in [-0.1, -0.05) is 13.0 Å². The van der Waals surface area contributed by atoms with Crippen molar-refractivity contribution in [2.45, 2.75) is 44.6 Å². The van der Waals surface area contributed by atoms with Gasteiger partial charge >= 0.3 is 0 Å². The van der Waals surface area contributed by atoms with Crippen molar-refractivity contribution in [1.82, 2.24) is 4.98 Å². The Bertz CT molecular complexity index is 386. The molecule has 2 aliphatic carbocycles. The Morgan fingerprint density at radius 3 is 2.94 bits per heavy atom. The van der Waals surface area contributed by atoms with Crippen LogP contribution in [0.4, 0.5) is 0 Å². The van der Waals surface area contributed by atoms with Crippen LogP contribution in [0.5, 0.6) is 0 Å². The normalized spacial score (nSPS) is 27.5. The van der Waals surface area contributed by atoms with Crippen molar-refractivity contribution in [3.8, 4) is 0 Å². The molecular weight excluding hydrogens is 198 g/mol. The third-order valence-electron chi connectivity index (χ3n) is 4.32. The van der Waals surface area contributed by atoms with E-state index < -0.39 is 0 Å². The zero-order valence-corrected chi connectivity index (χ0v) is 9.76. The summed E-state index contributed by atoms with van der Waals surface area (Å²) in [4.78, 5) is 4.46. The van der Waals surface area contributed by atoms with Crippen LogP contribution in [0.1, 0.15) is 43.4 Å². The van der Waals surface area contributed by atoms with Crippen LogP contribution in [0.2, 0.25) is 0 Å². The summed E-state index contributed by atoms with van der Waals surface area (Å²) in [5.41, 5.74) is 2.50. The smallest absolute Gasteiger partial charge is 0.0652 e. The number of rotatable bonds is 3. The van der Waals surface area contributed by atoms with Gasteiger partial charge in [0.2, 0.25) is 0 Å². The van der Waals surface area contributed by atoms with Crippen LogP contribution < -0.4 is 0 Å². The summed E-state index contributed by atoms with van der Waals surface area (Å²) >= 11 is 0. The average molecular weight is 217 g/mol. The first kappa shape index (κ1) is 10.3. The van der Waals surface area contributed by atoms with Crippen LogP contribution >= 0.6 is 0 Å². The summed E-state index contributed by atoms with van der Waals surface area (Å²) in [7, 11) is 0. The topological polar surface area (TPSA) is 33.1 Å². The molecule has 1 saturated carbocycles. The lowest BCUT2D eigenvalue weighted by Crippen LogP contribution is -2.26. The molecule has 0 aromatic carbocycles. The van der Waals surface area contributed by atoms with Gasteiger partial charge in [0.1, 0.15) is 0 Å². The third kappa shape index (κ3) is 1.65. The van der Waals surface area contributed by atoms with Gasteiger partial charge in [-0.2, -0.15) is 0 Å². The van der Waals surface area contributed by atoms with Gasteiger partial charge in [0.25, 0.3) is 0 Å². The second-order valence-electron chi connectivity index (χ2n) is 5.38. The van der Waals surface area contributed by atoms with E-state index in [9.17, 15) is 5.11 Å². The fourth-order valence-corrected chi connectivity index (χ4v) is 3.04. The first-order valence-electron chi connectivity index (χ1n) is 6.39. The molecule has 2 heteroatoms.